The molecule has 0 spiro atoms. The zero-order chi connectivity index (χ0) is 13.9. The van der Waals surface area contributed by atoms with Crippen LogP contribution in [0.3, 0.4) is 0 Å². The van der Waals surface area contributed by atoms with Gasteiger partial charge in [0.15, 0.2) is 0 Å². The van der Waals surface area contributed by atoms with Crippen molar-refractivity contribution in [2.24, 2.45) is 11.8 Å². The minimum Gasteiger partial charge on any atom is -0.487 e. The smallest absolute Gasteiger partial charge is 0.310 e. The van der Waals surface area contributed by atoms with Crippen molar-refractivity contribution < 1.29 is 4.74 Å². The maximum absolute atomic E-state index is 12.4. The van der Waals surface area contributed by atoms with Gasteiger partial charge in [-0.25, -0.2) is 4.68 Å². The van der Waals surface area contributed by atoms with Gasteiger partial charge in [0.2, 0.25) is 5.75 Å². The van der Waals surface area contributed by atoms with E-state index in [2.05, 4.69) is 27.7 Å². The first-order chi connectivity index (χ1) is 9.74. The number of hydrogen-bond acceptors (Lipinski definition) is 3. The van der Waals surface area contributed by atoms with Crippen LogP contribution in [-0.4, -0.2) is 16.4 Å². The number of ether oxygens (including phenoxy) is 1. The van der Waals surface area contributed by atoms with E-state index in [9.17, 15) is 4.79 Å². The largest absolute Gasteiger partial charge is 0.487 e. The molecule has 0 saturated heterocycles. The maximum Gasteiger partial charge on any atom is 0.310 e. The van der Waals surface area contributed by atoms with Gasteiger partial charge < -0.3 is 4.74 Å². The summed E-state index contributed by atoms with van der Waals surface area (Å²) < 4.78 is 8.19. The van der Waals surface area contributed by atoms with Crippen LogP contribution in [0.5, 0.6) is 5.75 Å². The summed E-state index contributed by atoms with van der Waals surface area (Å²) in [5.41, 5.74) is -0.0600. The Balaban J connectivity index is 1.62. The van der Waals surface area contributed by atoms with E-state index in [0.29, 0.717) is 18.3 Å². The first-order valence-corrected chi connectivity index (χ1v) is 8.70. The molecule has 0 aromatic carbocycles. The Morgan fingerprint density at radius 2 is 2.00 bits per heavy atom. The number of aromatic nitrogens is 2. The first kappa shape index (κ1) is 14.4. The van der Waals surface area contributed by atoms with Gasteiger partial charge in [-0.15, -0.1) is 0 Å². The molecule has 0 N–H and O–H groups in total. The van der Waals surface area contributed by atoms with Gasteiger partial charge in [-0.05, 0) is 53.7 Å². The Kier molecular flexibility index (Phi) is 4.63. The lowest BCUT2D eigenvalue weighted by atomic mass is 10.1. The fourth-order valence-electron chi connectivity index (χ4n) is 2.88. The van der Waals surface area contributed by atoms with Crippen LogP contribution in [0.4, 0.5) is 0 Å². The second-order valence-corrected chi connectivity index (χ2v) is 7.20. The molecule has 0 atom stereocenters. The highest BCUT2D eigenvalue weighted by atomic mass is 127. The van der Waals surface area contributed by atoms with Gasteiger partial charge in [0, 0.05) is 6.54 Å². The molecule has 0 unspecified atom stereocenters. The summed E-state index contributed by atoms with van der Waals surface area (Å²) >= 11 is 2.14. The molecule has 0 bridgehead atoms. The lowest BCUT2D eigenvalue weighted by Crippen LogP contribution is -2.26. The third kappa shape index (κ3) is 3.54. The van der Waals surface area contributed by atoms with Gasteiger partial charge in [0.05, 0.1) is 16.4 Å². The zero-order valence-corrected chi connectivity index (χ0v) is 13.8. The van der Waals surface area contributed by atoms with Crippen LogP contribution >= 0.6 is 22.6 Å². The Bertz CT molecular complexity index is 519. The van der Waals surface area contributed by atoms with Crippen LogP contribution in [0.1, 0.15) is 44.9 Å². The van der Waals surface area contributed by atoms with E-state index in [0.717, 1.165) is 22.5 Å². The first-order valence-electron chi connectivity index (χ1n) is 7.62. The van der Waals surface area contributed by atoms with E-state index in [-0.39, 0.29) is 5.56 Å². The average Bonchev–Trinajstić information content (AvgIpc) is 3.10. The molecule has 4 nitrogen and oxygen atoms in total. The van der Waals surface area contributed by atoms with Crippen molar-refractivity contribution in [1.29, 1.82) is 0 Å². The predicted molar refractivity (Wildman–Crippen MR) is 86.0 cm³/mol. The molecular formula is C15H21IN2O2. The summed E-state index contributed by atoms with van der Waals surface area (Å²) in [4.78, 5) is 12.4. The Morgan fingerprint density at radius 3 is 2.70 bits per heavy atom. The molecule has 2 aliphatic carbocycles. The normalized spacial score (nSPS) is 19.4. The van der Waals surface area contributed by atoms with Gasteiger partial charge in [-0.2, -0.15) is 5.10 Å². The Morgan fingerprint density at radius 1 is 1.25 bits per heavy atom. The van der Waals surface area contributed by atoms with Crippen LogP contribution in [0.15, 0.2) is 11.0 Å². The summed E-state index contributed by atoms with van der Waals surface area (Å²) in [6.07, 6.45) is 10.6. The van der Waals surface area contributed by atoms with Crippen LogP contribution in [-0.2, 0) is 6.54 Å². The van der Waals surface area contributed by atoms with E-state index in [1.165, 1.54) is 38.5 Å². The minimum atomic E-state index is -0.0600. The second-order valence-electron chi connectivity index (χ2n) is 6.04. The van der Waals surface area contributed by atoms with Gasteiger partial charge in [-0.3, -0.25) is 4.79 Å². The standard InChI is InChI=1S/C15H21IN2O2/c16-13-9-17-18(10-12-5-6-12)15(19)14(13)20-8-7-11-3-1-2-4-11/h9,11-12H,1-8,10H2. The number of nitrogens with zero attached hydrogens (tertiary/aromatic N) is 2. The lowest BCUT2D eigenvalue weighted by molar-refractivity contribution is 0.270. The van der Waals surface area contributed by atoms with Crippen molar-refractivity contribution in [1.82, 2.24) is 9.78 Å². The third-order valence-corrected chi connectivity index (χ3v) is 5.10. The molecule has 0 amide bonds. The summed E-state index contributed by atoms with van der Waals surface area (Å²) in [5, 5.41) is 4.22. The SMILES string of the molecule is O=c1c(OCCC2CCCC2)c(I)cnn1CC1CC1. The van der Waals surface area contributed by atoms with Crippen LogP contribution in [0.25, 0.3) is 0 Å². The Hall–Kier alpha value is -0.590. The topological polar surface area (TPSA) is 44.1 Å². The molecule has 3 rings (SSSR count). The monoisotopic (exact) mass is 388 g/mol. The van der Waals surface area contributed by atoms with E-state index in [1.54, 1.807) is 10.9 Å². The molecule has 5 heteroatoms. The van der Waals surface area contributed by atoms with Gasteiger partial charge in [0.25, 0.3) is 0 Å². The molecule has 1 aromatic heterocycles. The molecule has 20 heavy (non-hydrogen) atoms. The molecule has 1 aromatic rings. The summed E-state index contributed by atoms with van der Waals surface area (Å²) in [7, 11) is 0. The highest BCUT2D eigenvalue weighted by molar-refractivity contribution is 14.1. The zero-order valence-electron chi connectivity index (χ0n) is 11.7. The highest BCUT2D eigenvalue weighted by Crippen LogP contribution is 2.30. The van der Waals surface area contributed by atoms with E-state index in [1.807, 2.05) is 0 Å². The summed E-state index contributed by atoms with van der Waals surface area (Å²) in [6.45, 7) is 1.40. The fraction of sp³-hybridized carbons (Fsp3) is 0.733. The van der Waals surface area contributed by atoms with Crippen molar-refractivity contribution in [3.8, 4) is 5.75 Å². The van der Waals surface area contributed by atoms with Gasteiger partial charge >= 0.3 is 5.56 Å². The van der Waals surface area contributed by atoms with Crippen molar-refractivity contribution in [2.45, 2.75) is 51.5 Å². The third-order valence-electron chi connectivity index (χ3n) is 4.33. The van der Waals surface area contributed by atoms with E-state index in [4.69, 9.17) is 4.74 Å². The van der Waals surface area contributed by atoms with Crippen LogP contribution in [0.2, 0.25) is 0 Å². The van der Waals surface area contributed by atoms with Crippen molar-refractivity contribution in [2.75, 3.05) is 6.61 Å². The average molecular weight is 388 g/mol. The van der Waals surface area contributed by atoms with Crippen molar-refractivity contribution in [3.63, 3.8) is 0 Å². The molecule has 0 aliphatic heterocycles. The second kappa shape index (κ2) is 6.45. The molecule has 2 aliphatic rings. The molecule has 110 valence electrons. The molecule has 0 radical (unpaired) electrons. The Labute approximate surface area is 133 Å². The van der Waals surface area contributed by atoms with Crippen LogP contribution < -0.4 is 10.3 Å². The summed E-state index contributed by atoms with van der Waals surface area (Å²) in [6, 6.07) is 0. The lowest BCUT2D eigenvalue weighted by Gasteiger charge is -2.12. The van der Waals surface area contributed by atoms with Gasteiger partial charge in [-0.1, -0.05) is 25.7 Å². The van der Waals surface area contributed by atoms with Crippen molar-refractivity contribution >= 4 is 22.6 Å². The number of rotatable bonds is 6. The summed E-state index contributed by atoms with van der Waals surface area (Å²) in [5.74, 6) is 1.94. The van der Waals surface area contributed by atoms with Crippen molar-refractivity contribution in [3.05, 3.63) is 20.1 Å². The van der Waals surface area contributed by atoms with E-state index < -0.39 is 0 Å². The minimum absolute atomic E-state index is 0.0600. The number of hydrogen-bond donors (Lipinski definition) is 0. The predicted octanol–water partition coefficient (Wildman–Crippen LogP) is 3.22. The fourth-order valence-corrected chi connectivity index (χ4v) is 3.39. The molecular weight excluding hydrogens is 367 g/mol. The van der Waals surface area contributed by atoms with Gasteiger partial charge in [0.1, 0.15) is 0 Å². The van der Waals surface area contributed by atoms with E-state index >= 15 is 0 Å². The maximum atomic E-state index is 12.4. The molecule has 2 fully saturated rings. The quantitative estimate of drug-likeness (QED) is 0.703. The highest BCUT2D eigenvalue weighted by Gasteiger charge is 2.24. The molecule has 2 saturated carbocycles. The number of halogens is 1. The molecule has 1 heterocycles. The van der Waals surface area contributed by atoms with Crippen LogP contribution in [0, 0.1) is 15.4 Å².